The zero-order valence-corrected chi connectivity index (χ0v) is 9.56. The smallest absolute Gasteiger partial charge is 0.344 e. The lowest BCUT2D eigenvalue weighted by atomic mass is 10.1. The third kappa shape index (κ3) is 4.90. The third-order valence-corrected chi connectivity index (χ3v) is 2.09. The molecule has 15 heavy (non-hydrogen) atoms. The second-order valence-corrected chi connectivity index (χ2v) is 3.21. The maximum Gasteiger partial charge on any atom is 0.471 e. The molecule has 2 atom stereocenters. The molecular weight excluding hydrogens is 256 g/mol. The van der Waals surface area contributed by atoms with Crippen molar-refractivity contribution >= 4 is 30.7 Å². The highest BCUT2D eigenvalue weighted by Gasteiger charge is 2.40. The Morgan fingerprint density at radius 2 is 1.87 bits per heavy atom. The highest BCUT2D eigenvalue weighted by Crippen LogP contribution is 2.16. The Kier molecular flexibility index (Phi) is 7.34. The van der Waals surface area contributed by atoms with Crippen LogP contribution in [0.5, 0.6) is 0 Å². The molecule has 0 bridgehead atoms. The zero-order chi connectivity index (χ0) is 10.1. The summed E-state index contributed by atoms with van der Waals surface area (Å²) >= 11 is 0. The van der Waals surface area contributed by atoms with Crippen molar-refractivity contribution < 1.29 is 18.0 Å². The third-order valence-electron chi connectivity index (χ3n) is 2.09. The average Bonchev–Trinajstić information content (AvgIpc) is 2.34. The molecule has 0 unspecified atom stereocenters. The van der Waals surface area contributed by atoms with E-state index in [1.807, 2.05) is 5.32 Å². The van der Waals surface area contributed by atoms with E-state index in [4.69, 9.17) is 0 Å². The fourth-order valence-corrected chi connectivity index (χ4v) is 1.25. The van der Waals surface area contributed by atoms with Crippen molar-refractivity contribution in [2.45, 2.75) is 19.1 Å². The lowest BCUT2D eigenvalue weighted by Gasteiger charge is -2.16. The summed E-state index contributed by atoms with van der Waals surface area (Å²) in [7, 11) is 0. The van der Waals surface area contributed by atoms with Gasteiger partial charge in [0.25, 0.3) is 0 Å². The molecule has 2 N–H and O–H groups in total. The topological polar surface area (TPSA) is 41.1 Å². The SMILES string of the molecule is C[C@@H]1CNC[C@H]1NC(=O)C(F)(F)F.Cl.Cl. The molecule has 0 aliphatic carbocycles. The molecule has 1 rings (SSSR count). The highest BCUT2D eigenvalue weighted by atomic mass is 35.5. The quantitative estimate of drug-likeness (QED) is 0.749. The van der Waals surface area contributed by atoms with Gasteiger partial charge in [-0.1, -0.05) is 6.92 Å². The van der Waals surface area contributed by atoms with Crippen LogP contribution in [0.3, 0.4) is 0 Å². The second-order valence-electron chi connectivity index (χ2n) is 3.21. The van der Waals surface area contributed by atoms with Crippen LogP contribution in [-0.2, 0) is 4.79 Å². The Labute approximate surface area is 98.0 Å². The Hall–Kier alpha value is -0.200. The van der Waals surface area contributed by atoms with E-state index in [2.05, 4.69) is 5.32 Å². The van der Waals surface area contributed by atoms with Gasteiger partial charge < -0.3 is 10.6 Å². The lowest BCUT2D eigenvalue weighted by molar-refractivity contribution is -0.174. The van der Waals surface area contributed by atoms with Crippen LogP contribution in [0, 0.1) is 5.92 Å². The fraction of sp³-hybridized carbons (Fsp3) is 0.857. The van der Waals surface area contributed by atoms with Crippen molar-refractivity contribution in [1.82, 2.24) is 10.6 Å². The van der Waals surface area contributed by atoms with E-state index in [0.29, 0.717) is 13.1 Å². The zero-order valence-electron chi connectivity index (χ0n) is 7.93. The molecule has 0 radical (unpaired) electrons. The highest BCUT2D eigenvalue weighted by molar-refractivity contribution is 5.85. The maximum atomic E-state index is 11.8. The van der Waals surface area contributed by atoms with Gasteiger partial charge >= 0.3 is 12.1 Å². The molecule has 8 heteroatoms. The molecule has 92 valence electrons. The van der Waals surface area contributed by atoms with E-state index in [0.717, 1.165) is 0 Å². The first-order valence-corrected chi connectivity index (χ1v) is 3.99. The largest absolute Gasteiger partial charge is 0.471 e. The number of rotatable bonds is 1. The van der Waals surface area contributed by atoms with Crippen LogP contribution in [0.25, 0.3) is 0 Å². The number of carbonyl (C=O) groups excluding carboxylic acids is 1. The molecule has 1 heterocycles. The van der Waals surface area contributed by atoms with Gasteiger partial charge in [0.15, 0.2) is 0 Å². The molecule has 1 saturated heterocycles. The molecule has 1 aliphatic rings. The monoisotopic (exact) mass is 268 g/mol. The lowest BCUT2D eigenvalue weighted by Crippen LogP contribution is -2.46. The average molecular weight is 269 g/mol. The molecule has 0 aromatic carbocycles. The van der Waals surface area contributed by atoms with Gasteiger partial charge in [-0.25, -0.2) is 0 Å². The van der Waals surface area contributed by atoms with Gasteiger partial charge in [-0.2, -0.15) is 13.2 Å². The van der Waals surface area contributed by atoms with Crippen molar-refractivity contribution in [3.05, 3.63) is 0 Å². The summed E-state index contributed by atoms with van der Waals surface area (Å²) in [6.45, 7) is 2.84. The van der Waals surface area contributed by atoms with E-state index in [9.17, 15) is 18.0 Å². The summed E-state index contributed by atoms with van der Waals surface area (Å²) in [6.07, 6.45) is -4.78. The summed E-state index contributed by atoms with van der Waals surface area (Å²) in [5, 5.41) is 4.84. The van der Waals surface area contributed by atoms with Crippen molar-refractivity contribution in [1.29, 1.82) is 0 Å². The molecule has 0 spiro atoms. The van der Waals surface area contributed by atoms with Gasteiger partial charge in [-0.3, -0.25) is 4.79 Å². The van der Waals surface area contributed by atoms with Crippen LogP contribution in [0.1, 0.15) is 6.92 Å². The molecule has 1 fully saturated rings. The van der Waals surface area contributed by atoms with Crippen molar-refractivity contribution in [3.63, 3.8) is 0 Å². The molecule has 0 saturated carbocycles. The van der Waals surface area contributed by atoms with E-state index < -0.39 is 18.1 Å². The Balaban J connectivity index is 0. The van der Waals surface area contributed by atoms with Crippen LogP contribution in [0.4, 0.5) is 13.2 Å². The van der Waals surface area contributed by atoms with Gasteiger partial charge in [-0.05, 0) is 12.5 Å². The molecule has 1 aliphatic heterocycles. The fourth-order valence-electron chi connectivity index (χ4n) is 1.25. The standard InChI is InChI=1S/C7H11F3N2O.2ClH/c1-4-2-11-3-5(4)12-6(13)7(8,9)10;;/h4-5,11H,2-3H2,1H3,(H,12,13);2*1H/t4-,5-;;/m1../s1. The minimum Gasteiger partial charge on any atom is -0.344 e. The summed E-state index contributed by atoms with van der Waals surface area (Å²) in [4.78, 5) is 10.5. The number of amides is 1. The molecule has 1 amide bonds. The maximum absolute atomic E-state index is 11.8. The van der Waals surface area contributed by atoms with Crippen molar-refractivity contribution in [3.8, 4) is 0 Å². The van der Waals surface area contributed by atoms with Crippen LogP contribution in [-0.4, -0.2) is 31.2 Å². The summed E-state index contributed by atoms with van der Waals surface area (Å²) in [5.74, 6) is -1.81. The normalized spacial score (nSPS) is 25.1. The minimum absolute atomic E-state index is 0. The predicted molar refractivity (Wildman–Crippen MR) is 54.5 cm³/mol. The first kappa shape index (κ1) is 17.2. The Bertz CT molecular complexity index is 213. The summed E-state index contributed by atoms with van der Waals surface area (Å²) in [6, 6.07) is -0.408. The predicted octanol–water partition coefficient (Wildman–Crippen LogP) is 1.12. The van der Waals surface area contributed by atoms with E-state index >= 15 is 0 Å². The number of halogens is 5. The number of hydrogen-bond acceptors (Lipinski definition) is 2. The van der Waals surface area contributed by atoms with E-state index in [1.165, 1.54) is 0 Å². The van der Waals surface area contributed by atoms with Crippen molar-refractivity contribution in [2.24, 2.45) is 5.92 Å². The van der Waals surface area contributed by atoms with Crippen LogP contribution < -0.4 is 10.6 Å². The summed E-state index contributed by atoms with van der Waals surface area (Å²) in [5.41, 5.74) is 0. The van der Waals surface area contributed by atoms with Crippen LogP contribution >= 0.6 is 24.8 Å². The first-order valence-electron chi connectivity index (χ1n) is 3.99. The summed E-state index contributed by atoms with van der Waals surface area (Å²) < 4.78 is 35.4. The first-order chi connectivity index (χ1) is 5.91. The molecule has 3 nitrogen and oxygen atoms in total. The van der Waals surface area contributed by atoms with E-state index in [-0.39, 0.29) is 30.7 Å². The number of alkyl halides is 3. The number of nitrogens with one attached hydrogen (secondary N) is 2. The van der Waals surface area contributed by atoms with Gasteiger partial charge in [0.1, 0.15) is 0 Å². The van der Waals surface area contributed by atoms with Gasteiger partial charge in [0, 0.05) is 12.6 Å². The molecular formula is C7H13Cl2F3N2O. The van der Waals surface area contributed by atoms with Crippen molar-refractivity contribution in [2.75, 3.05) is 13.1 Å². The Morgan fingerprint density at radius 1 is 1.33 bits per heavy atom. The number of hydrogen-bond donors (Lipinski definition) is 2. The Morgan fingerprint density at radius 3 is 2.20 bits per heavy atom. The minimum atomic E-state index is -4.78. The van der Waals surface area contributed by atoms with Gasteiger partial charge in [0.05, 0.1) is 0 Å². The molecule has 0 aromatic rings. The molecule has 0 aromatic heterocycles. The van der Waals surface area contributed by atoms with Gasteiger partial charge in [0.2, 0.25) is 0 Å². The number of carbonyl (C=O) groups is 1. The van der Waals surface area contributed by atoms with Crippen LogP contribution in [0.2, 0.25) is 0 Å². The van der Waals surface area contributed by atoms with Crippen LogP contribution in [0.15, 0.2) is 0 Å². The van der Waals surface area contributed by atoms with Gasteiger partial charge in [-0.15, -0.1) is 24.8 Å². The van der Waals surface area contributed by atoms with E-state index in [1.54, 1.807) is 6.92 Å². The second kappa shape index (κ2) is 6.40.